The highest BCUT2D eigenvalue weighted by Gasteiger charge is 2.28. The number of rotatable bonds is 5. The molecule has 0 radical (unpaired) electrons. The molecule has 1 fully saturated rings. The van der Waals surface area contributed by atoms with Gasteiger partial charge in [-0.15, -0.1) is 11.3 Å². The Morgan fingerprint density at radius 2 is 2.08 bits per heavy atom. The summed E-state index contributed by atoms with van der Waals surface area (Å²) in [7, 11) is 0. The summed E-state index contributed by atoms with van der Waals surface area (Å²) in [5.41, 5.74) is 2.04. The molecule has 0 aromatic carbocycles. The fourth-order valence-electron chi connectivity index (χ4n) is 3.21. The van der Waals surface area contributed by atoms with E-state index in [1.807, 2.05) is 24.8 Å². The van der Waals surface area contributed by atoms with Gasteiger partial charge in [-0.05, 0) is 33.1 Å². The van der Waals surface area contributed by atoms with E-state index in [4.69, 9.17) is 0 Å². The van der Waals surface area contributed by atoms with E-state index >= 15 is 0 Å². The molecule has 1 saturated heterocycles. The molecule has 1 aliphatic heterocycles. The summed E-state index contributed by atoms with van der Waals surface area (Å²) in [5.74, 6) is 2.42. The predicted molar refractivity (Wildman–Crippen MR) is 105 cm³/mol. The molecule has 1 amide bonds. The number of aryl methyl sites for hydroxylation is 3. The van der Waals surface area contributed by atoms with Crippen molar-refractivity contribution in [3.8, 4) is 0 Å². The Morgan fingerprint density at radius 3 is 2.73 bits per heavy atom. The Morgan fingerprint density at radius 1 is 1.31 bits per heavy atom. The van der Waals surface area contributed by atoms with Crippen LogP contribution in [0.3, 0.4) is 0 Å². The number of amides is 1. The molecule has 6 nitrogen and oxygen atoms in total. The van der Waals surface area contributed by atoms with E-state index in [0.717, 1.165) is 47.7 Å². The highest BCUT2D eigenvalue weighted by Crippen LogP contribution is 2.29. The van der Waals surface area contributed by atoms with Gasteiger partial charge in [0.25, 0.3) is 0 Å². The van der Waals surface area contributed by atoms with Gasteiger partial charge in [-0.1, -0.05) is 13.8 Å². The lowest BCUT2D eigenvalue weighted by molar-refractivity contribution is -0.130. The minimum absolute atomic E-state index is 0.250. The van der Waals surface area contributed by atoms with E-state index in [1.165, 1.54) is 4.88 Å². The van der Waals surface area contributed by atoms with Crippen molar-refractivity contribution in [2.75, 3.05) is 18.4 Å². The van der Waals surface area contributed by atoms with Gasteiger partial charge in [0.15, 0.2) is 5.13 Å². The average molecular weight is 374 g/mol. The molecule has 1 N–H and O–H groups in total. The minimum atomic E-state index is 0.250. The Hall–Kier alpha value is -2.02. The number of thiazole rings is 1. The summed E-state index contributed by atoms with van der Waals surface area (Å²) < 4.78 is 0. The van der Waals surface area contributed by atoms with Crippen LogP contribution in [0.15, 0.2) is 6.07 Å². The summed E-state index contributed by atoms with van der Waals surface area (Å²) >= 11 is 1.63. The van der Waals surface area contributed by atoms with Crippen LogP contribution in [0.1, 0.15) is 54.7 Å². The van der Waals surface area contributed by atoms with E-state index < -0.39 is 0 Å². The summed E-state index contributed by atoms with van der Waals surface area (Å²) in [6, 6.07) is 2.00. The van der Waals surface area contributed by atoms with E-state index in [1.54, 1.807) is 11.3 Å². The van der Waals surface area contributed by atoms with Crippen molar-refractivity contribution in [3.05, 3.63) is 28.2 Å². The topological polar surface area (TPSA) is 71.0 Å². The SMILES string of the molecule is Cc1nc(Nc2nc(C)c(C)s2)cc(C2CCN(C(=O)CC(C)C)C2)n1. The number of nitrogens with zero attached hydrogens (tertiary/aromatic N) is 4. The van der Waals surface area contributed by atoms with Crippen molar-refractivity contribution in [2.45, 2.75) is 53.4 Å². The van der Waals surface area contributed by atoms with Crippen LogP contribution in [0.4, 0.5) is 10.9 Å². The van der Waals surface area contributed by atoms with Crippen molar-refractivity contribution in [1.82, 2.24) is 19.9 Å². The molecule has 2 aromatic heterocycles. The van der Waals surface area contributed by atoms with Gasteiger partial charge in [-0.2, -0.15) is 0 Å². The van der Waals surface area contributed by atoms with Crippen LogP contribution in [0.25, 0.3) is 0 Å². The maximum Gasteiger partial charge on any atom is 0.222 e. The molecule has 3 rings (SSSR count). The number of carbonyl (C=O) groups is 1. The molecular weight excluding hydrogens is 346 g/mol. The third-order valence-corrected chi connectivity index (χ3v) is 5.65. The number of hydrogen-bond donors (Lipinski definition) is 1. The van der Waals surface area contributed by atoms with Crippen molar-refractivity contribution in [3.63, 3.8) is 0 Å². The molecule has 3 heterocycles. The number of hydrogen-bond acceptors (Lipinski definition) is 6. The number of aromatic nitrogens is 3. The van der Waals surface area contributed by atoms with Crippen LogP contribution < -0.4 is 5.32 Å². The first-order valence-corrected chi connectivity index (χ1v) is 9.98. The average Bonchev–Trinajstić information content (AvgIpc) is 3.14. The molecule has 1 atom stereocenters. The zero-order chi connectivity index (χ0) is 18.8. The molecule has 0 bridgehead atoms. The zero-order valence-corrected chi connectivity index (χ0v) is 17.0. The first kappa shape index (κ1) is 18.8. The van der Waals surface area contributed by atoms with Crippen molar-refractivity contribution in [1.29, 1.82) is 0 Å². The lowest BCUT2D eigenvalue weighted by Crippen LogP contribution is -2.29. The van der Waals surface area contributed by atoms with Gasteiger partial charge in [0.1, 0.15) is 11.6 Å². The van der Waals surface area contributed by atoms with Crippen LogP contribution >= 0.6 is 11.3 Å². The van der Waals surface area contributed by atoms with Crippen LogP contribution in [-0.2, 0) is 4.79 Å². The first-order valence-electron chi connectivity index (χ1n) is 9.16. The van der Waals surface area contributed by atoms with Gasteiger partial charge >= 0.3 is 0 Å². The fraction of sp³-hybridized carbons (Fsp3) is 0.579. The zero-order valence-electron chi connectivity index (χ0n) is 16.2. The quantitative estimate of drug-likeness (QED) is 0.859. The molecular formula is C19H27N5OS. The summed E-state index contributed by atoms with van der Waals surface area (Å²) in [5, 5.41) is 4.16. The Balaban J connectivity index is 1.73. The standard InChI is InChI=1S/C19H27N5OS/c1-11(2)8-18(25)24-7-6-15(10-24)16-9-17(22-14(5)21-16)23-19-20-12(3)13(4)26-19/h9,11,15H,6-8,10H2,1-5H3,(H,20,21,22,23). The molecule has 0 saturated carbocycles. The van der Waals surface area contributed by atoms with Gasteiger partial charge in [-0.25, -0.2) is 15.0 Å². The van der Waals surface area contributed by atoms with Crippen LogP contribution in [0.2, 0.25) is 0 Å². The van der Waals surface area contributed by atoms with Crippen LogP contribution in [0.5, 0.6) is 0 Å². The highest BCUT2D eigenvalue weighted by molar-refractivity contribution is 7.15. The Labute approximate surface area is 159 Å². The fourth-order valence-corrected chi connectivity index (χ4v) is 4.03. The van der Waals surface area contributed by atoms with Crippen molar-refractivity contribution < 1.29 is 4.79 Å². The highest BCUT2D eigenvalue weighted by atomic mass is 32.1. The van der Waals surface area contributed by atoms with Gasteiger partial charge in [0.05, 0.1) is 11.4 Å². The van der Waals surface area contributed by atoms with E-state index in [9.17, 15) is 4.79 Å². The normalized spacial score (nSPS) is 17.2. The second kappa shape index (κ2) is 7.70. The van der Waals surface area contributed by atoms with E-state index in [0.29, 0.717) is 12.3 Å². The van der Waals surface area contributed by atoms with Crippen LogP contribution in [0, 0.1) is 26.7 Å². The molecule has 1 unspecified atom stereocenters. The van der Waals surface area contributed by atoms with Gasteiger partial charge < -0.3 is 10.2 Å². The smallest absolute Gasteiger partial charge is 0.222 e. The number of likely N-dealkylation sites (tertiary alicyclic amines) is 1. The minimum Gasteiger partial charge on any atom is -0.342 e. The molecule has 7 heteroatoms. The Kier molecular flexibility index (Phi) is 5.55. The molecule has 140 valence electrons. The molecule has 2 aromatic rings. The number of nitrogens with one attached hydrogen (secondary N) is 1. The summed E-state index contributed by atoms with van der Waals surface area (Å²) in [4.78, 5) is 29.1. The molecule has 1 aliphatic rings. The maximum atomic E-state index is 12.3. The molecule has 0 spiro atoms. The largest absolute Gasteiger partial charge is 0.342 e. The molecule has 0 aliphatic carbocycles. The maximum absolute atomic E-state index is 12.3. The van der Waals surface area contributed by atoms with Gasteiger partial charge in [0.2, 0.25) is 5.91 Å². The lowest BCUT2D eigenvalue weighted by atomic mass is 10.0. The third-order valence-electron chi connectivity index (χ3n) is 4.66. The van der Waals surface area contributed by atoms with E-state index in [-0.39, 0.29) is 11.8 Å². The third kappa shape index (κ3) is 4.38. The summed E-state index contributed by atoms with van der Waals surface area (Å²) in [6.45, 7) is 11.7. The van der Waals surface area contributed by atoms with Crippen molar-refractivity contribution in [2.24, 2.45) is 5.92 Å². The molecule has 26 heavy (non-hydrogen) atoms. The van der Waals surface area contributed by atoms with E-state index in [2.05, 4.69) is 41.0 Å². The van der Waals surface area contributed by atoms with Crippen LogP contribution in [-0.4, -0.2) is 38.8 Å². The number of carbonyl (C=O) groups excluding carboxylic acids is 1. The first-order chi connectivity index (χ1) is 12.3. The number of anilines is 2. The second-order valence-electron chi connectivity index (χ2n) is 7.43. The van der Waals surface area contributed by atoms with Gasteiger partial charge in [-0.3, -0.25) is 4.79 Å². The monoisotopic (exact) mass is 373 g/mol. The second-order valence-corrected chi connectivity index (χ2v) is 8.64. The Bertz CT molecular complexity index is 782. The summed E-state index contributed by atoms with van der Waals surface area (Å²) in [6.07, 6.45) is 1.57. The predicted octanol–water partition coefficient (Wildman–Crippen LogP) is 3.96. The lowest BCUT2D eigenvalue weighted by Gasteiger charge is -2.18. The van der Waals surface area contributed by atoms with Crippen molar-refractivity contribution >= 4 is 28.2 Å². The van der Waals surface area contributed by atoms with Gasteiger partial charge in [0, 0.05) is 36.4 Å².